The Morgan fingerprint density at radius 3 is 2.84 bits per heavy atom. The third-order valence-electron chi connectivity index (χ3n) is 4.35. The fourth-order valence-electron chi connectivity index (χ4n) is 2.85. The summed E-state index contributed by atoms with van der Waals surface area (Å²) in [5.74, 6) is 1.27. The Morgan fingerprint density at radius 2 is 2.12 bits per heavy atom. The van der Waals surface area contributed by atoms with E-state index in [0.29, 0.717) is 18.5 Å². The third-order valence-corrected chi connectivity index (χ3v) is 5.37. The molecular formula is C18H25IN4OS. The normalized spacial score (nSPS) is 15.8. The van der Waals surface area contributed by atoms with Crippen molar-refractivity contribution in [3.05, 3.63) is 46.2 Å². The lowest BCUT2D eigenvalue weighted by atomic mass is 10.1. The van der Waals surface area contributed by atoms with E-state index >= 15 is 0 Å². The highest BCUT2D eigenvalue weighted by molar-refractivity contribution is 14.0. The van der Waals surface area contributed by atoms with Crippen LogP contribution < -0.4 is 15.8 Å². The molecule has 1 aromatic heterocycles. The van der Waals surface area contributed by atoms with Crippen molar-refractivity contribution in [2.45, 2.75) is 25.9 Å². The lowest BCUT2D eigenvalue weighted by Crippen LogP contribution is -2.39. The summed E-state index contributed by atoms with van der Waals surface area (Å²) in [4.78, 5) is 8.50. The van der Waals surface area contributed by atoms with Crippen molar-refractivity contribution in [1.82, 2.24) is 4.90 Å². The Kier molecular flexibility index (Phi) is 7.52. The molecule has 7 heteroatoms. The molecule has 2 aromatic rings. The Balaban J connectivity index is 0.00000225. The van der Waals surface area contributed by atoms with Crippen LogP contribution in [-0.2, 0) is 13.0 Å². The molecule has 1 aliphatic heterocycles. The van der Waals surface area contributed by atoms with Gasteiger partial charge in [0.05, 0.1) is 13.7 Å². The van der Waals surface area contributed by atoms with Gasteiger partial charge in [-0.1, -0.05) is 0 Å². The van der Waals surface area contributed by atoms with Gasteiger partial charge in [-0.25, -0.2) is 0 Å². The quantitative estimate of drug-likeness (QED) is 0.397. The summed E-state index contributed by atoms with van der Waals surface area (Å²) in [5.41, 5.74) is 8.38. The number of thiophene rings is 1. The maximum absolute atomic E-state index is 6.00. The summed E-state index contributed by atoms with van der Waals surface area (Å²) in [7, 11) is 1.65. The number of guanidine groups is 1. The minimum absolute atomic E-state index is 0. The number of hydrogen-bond acceptors (Lipinski definition) is 4. The van der Waals surface area contributed by atoms with Crippen molar-refractivity contribution in [1.29, 1.82) is 0 Å². The number of benzene rings is 1. The van der Waals surface area contributed by atoms with E-state index in [9.17, 15) is 0 Å². The van der Waals surface area contributed by atoms with Crippen LogP contribution >= 0.6 is 35.3 Å². The first kappa shape index (κ1) is 20.0. The maximum Gasteiger partial charge on any atom is 0.193 e. The van der Waals surface area contributed by atoms with Gasteiger partial charge >= 0.3 is 0 Å². The summed E-state index contributed by atoms with van der Waals surface area (Å²) in [6.07, 6.45) is 1.14. The van der Waals surface area contributed by atoms with Crippen LogP contribution in [0.3, 0.4) is 0 Å². The molecule has 136 valence electrons. The fourth-order valence-corrected chi connectivity index (χ4v) is 3.74. The first-order valence-corrected chi connectivity index (χ1v) is 9.04. The molecule has 5 nitrogen and oxygen atoms in total. The average Bonchev–Trinajstić information content (AvgIpc) is 3.08. The van der Waals surface area contributed by atoms with Gasteiger partial charge < -0.3 is 15.8 Å². The number of rotatable bonds is 5. The minimum Gasteiger partial charge on any atom is -0.497 e. The van der Waals surface area contributed by atoms with Gasteiger partial charge in [-0.3, -0.25) is 9.89 Å². The van der Waals surface area contributed by atoms with Gasteiger partial charge in [0.2, 0.25) is 0 Å². The summed E-state index contributed by atoms with van der Waals surface area (Å²) in [6.45, 7) is 5.01. The zero-order valence-corrected chi connectivity index (χ0v) is 17.7. The van der Waals surface area contributed by atoms with E-state index in [1.54, 1.807) is 7.11 Å². The van der Waals surface area contributed by atoms with Crippen molar-refractivity contribution in [3.8, 4) is 5.75 Å². The molecule has 0 saturated carbocycles. The van der Waals surface area contributed by atoms with E-state index in [2.05, 4.69) is 33.6 Å². The smallest absolute Gasteiger partial charge is 0.193 e. The van der Waals surface area contributed by atoms with Crippen LogP contribution in [-0.4, -0.2) is 37.1 Å². The van der Waals surface area contributed by atoms with Gasteiger partial charge in [0.25, 0.3) is 0 Å². The number of hydrogen-bond donors (Lipinski definition) is 2. The number of anilines is 1. The highest BCUT2D eigenvalue weighted by Gasteiger charge is 2.21. The van der Waals surface area contributed by atoms with Crippen LogP contribution in [0, 0.1) is 0 Å². The number of methoxy groups -OCH3 is 1. The molecule has 1 unspecified atom stereocenters. The second-order valence-electron chi connectivity index (χ2n) is 6.02. The predicted molar refractivity (Wildman–Crippen MR) is 116 cm³/mol. The molecule has 1 atom stereocenters. The van der Waals surface area contributed by atoms with Crippen molar-refractivity contribution < 1.29 is 4.74 Å². The van der Waals surface area contributed by atoms with Gasteiger partial charge in [0, 0.05) is 29.7 Å². The van der Waals surface area contributed by atoms with Crippen molar-refractivity contribution >= 4 is 47.0 Å². The van der Waals surface area contributed by atoms with E-state index in [4.69, 9.17) is 10.5 Å². The van der Waals surface area contributed by atoms with Gasteiger partial charge in [-0.15, -0.1) is 35.3 Å². The summed E-state index contributed by atoms with van der Waals surface area (Å²) in [5, 5.41) is 5.31. The van der Waals surface area contributed by atoms with Crippen LogP contribution in [0.15, 0.2) is 40.7 Å². The summed E-state index contributed by atoms with van der Waals surface area (Å²) in [6, 6.07) is 10.2. The van der Waals surface area contributed by atoms with Gasteiger partial charge in [-0.05, 0) is 54.6 Å². The number of halogens is 1. The zero-order chi connectivity index (χ0) is 16.9. The molecule has 2 heterocycles. The predicted octanol–water partition coefficient (Wildman–Crippen LogP) is 3.55. The third kappa shape index (κ3) is 5.32. The molecule has 0 spiro atoms. The van der Waals surface area contributed by atoms with E-state index in [-0.39, 0.29) is 24.0 Å². The molecule has 0 bridgehead atoms. The molecule has 0 aliphatic carbocycles. The van der Waals surface area contributed by atoms with Crippen LogP contribution in [0.5, 0.6) is 5.75 Å². The standard InChI is InChI=1S/C18H24N4OS.HI/c1-13(22-9-7-17-14(12-22)8-10-24-17)11-20-18(19)21-15-3-5-16(23-2)6-4-15;/h3-6,8,10,13H,7,9,11-12H2,1-2H3,(H3,19,20,21);1H. The zero-order valence-electron chi connectivity index (χ0n) is 14.6. The number of nitrogens with zero attached hydrogens (tertiary/aromatic N) is 2. The monoisotopic (exact) mass is 472 g/mol. The maximum atomic E-state index is 6.00. The summed E-state index contributed by atoms with van der Waals surface area (Å²) < 4.78 is 5.15. The molecule has 3 rings (SSSR count). The van der Waals surface area contributed by atoms with Crippen LogP contribution in [0.1, 0.15) is 17.4 Å². The molecule has 3 N–H and O–H groups in total. The molecule has 0 fully saturated rings. The number of nitrogens with one attached hydrogen (secondary N) is 1. The van der Waals surface area contributed by atoms with Gasteiger partial charge in [0.15, 0.2) is 5.96 Å². The number of fused-ring (bicyclic) bond motifs is 1. The first-order chi connectivity index (χ1) is 11.7. The fraction of sp³-hybridized carbons (Fsp3) is 0.389. The summed E-state index contributed by atoms with van der Waals surface area (Å²) >= 11 is 1.87. The lowest BCUT2D eigenvalue weighted by Gasteiger charge is -2.31. The Hall–Kier alpha value is -1.32. The largest absolute Gasteiger partial charge is 0.497 e. The van der Waals surface area contributed by atoms with Crippen molar-refractivity contribution in [2.24, 2.45) is 10.7 Å². The molecule has 25 heavy (non-hydrogen) atoms. The Morgan fingerprint density at radius 1 is 1.36 bits per heavy atom. The van der Waals surface area contributed by atoms with Gasteiger partial charge in [-0.2, -0.15) is 0 Å². The highest BCUT2D eigenvalue weighted by atomic mass is 127. The molecule has 0 saturated heterocycles. The molecule has 0 radical (unpaired) electrons. The molecule has 1 aliphatic rings. The van der Waals surface area contributed by atoms with Crippen LogP contribution in [0.2, 0.25) is 0 Å². The lowest BCUT2D eigenvalue weighted by molar-refractivity contribution is 0.197. The topological polar surface area (TPSA) is 62.9 Å². The number of nitrogens with two attached hydrogens (primary N) is 1. The van der Waals surface area contributed by atoms with Crippen LogP contribution in [0.4, 0.5) is 5.69 Å². The molecule has 1 aromatic carbocycles. The first-order valence-electron chi connectivity index (χ1n) is 8.16. The number of aliphatic imine (C=N–C) groups is 1. The van der Waals surface area contributed by atoms with E-state index in [1.807, 2.05) is 35.6 Å². The van der Waals surface area contributed by atoms with Crippen LogP contribution in [0.25, 0.3) is 0 Å². The molecule has 0 amide bonds. The second kappa shape index (κ2) is 9.40. The van der Waals surface area contributed by atoms with Crippen molar-refractivity contribution in [2.75, 3.05) is 25.5 Å². The Bertz CT molecular complexity index is 701. The molecular weight excluding hydrogens is 447 g/mol. The van der Waals surface area contributed by atoms with E-state index in [0.717, 1.165) is 30.9 Å². The Labute approximate surface area is 170 Å². The van der Waals surface area contributed by atoms with E-state index in [1.165, 1.54) is 10.4 Å². The highest BCUT2D eigenvalue weighted by Crippen LogP contribution is 2.25. The average molecular weight is 472 g/mol. The second-order valence-corrected chi connectivity index (χ2v) is 7.02. The van der Waals surface area contributed by atoms with Crippen molar-refractivity contribution in [3.63, 3.8) is 0 Å². The van der Waals surface area contributed by atoms with E-state index < -0.39 is 0 Å². The minimum atomic E-state index is 0. The SMILES string of the molecule is COc1ccc(NC(N)=NCC(C)N2CCc3sccc3C2)cc1.I. The number of ether oxygens (including phenoxy) is 1. The van der Waals surface area contributed by atoms with Gasteiger partial charge in [0.1, 0.15) is 5.75 Å².